The monoisotopic (exact) mass is 242 g/mol. The van der Waals surface area contributed by atoms with Crippen LogP contribution in [-0.4, -0.2) is 30.4 Å². The van der Waals surface area contributed by atoms with E-state index in [1.54, 1.807) is 7.05 Å². The van der Waals surface area contributed by atoms with Gasteiger partial charge in [0.05, 0.1) is 11.6 Å². The van der Waals surface area contributed by atoms with Gasteiger partial charge in [0.1, 0.15) is 0 Å². The summed E-state index contributed by atoms with van der Waals surface area (Å²) >= 11 is 0. The number of hydrogen-bond acceptors (Lipinski definition) is 4. The van der Waals surface area contributed by atoms with Crippen LogP contribution in [-0.2, 0) is 9.59 Å². The molecule has 0 aromatic heterocycles. The van der Waals surface area contributed by atoms with Gasteiger partial charge in [0.25, 0.3) is 0 Å². The minimum atomic E-state index is -0.918. The molecule has 3 unspecified atom stereocenters. The Bertz CT molecular complexity index is 308. The van der Waals surface area contributed by atoms with Gasteiger partial charge in [-0.15, -0.1) is 0 Å². The first kappa shape index (κ1) is 13.9. The summed E-state index contributed by atoms with van der Waals surface area (Å²) in [5, 5.41) is 2.87. The Kier molecular flexibility index (Phi) is 4.47. The summed E-state index contributed by atoms with van der Waals surface area (Å²) in [7, 11) is 1.70. The average molecular weight is 242 g/mol. The zero-order chi connectivity index (χ0) is 13.1. The van der Waals surface area contributed by atoms with Crippen LogP contribution in [0.1, 0.15) is 32.1 Å². The molecule has 0 bridgehead atoms. The number of rotatable bonds is 5. The molecule has 0 aromatic carbocycles. The third-order valence-electron chi connectivity index (χ3n) is 3.64. The molecule has 0 aromatic rings. The zero-order valence-corrected chi connectivity index (χ0v) is 10.2. The highest BCUT2D eigenvalue weighted by molar-refractivity contribution is 5.84. The molecule has 1 fully saturated rings. The van der Waals surface area contributed by atoms with E-state index < -0.39 is 11.4 Å². The van der Waals surface area contributed by atoms with Crippen LogP contribution >= 0.6 is 0 Å². The van der Waals surface area contributed by atoms with E-state index in [1.807, 2.05) is 0 Å². The SMILES string of the molecule is CNC(CC1CCCC(N)(C(N)=O)C1)C(N)=O. The molecule has 1 aliphatic rings. The van der Waals surface area contributed by atoms with Gasteiger partial charge >= 0.3 is 0 Å². The molecule has 2 amide bonds. The molecule has 0 saturated heterocycles. The Morgan fingerprint density at radius 3 is 2.59 bits per heavy atom. The van der Waals surface area contributed by atoms with Crippen molar-refractivity contribution in [1.29, 1.82) is 0 Å². The molecule has 1 aliphatic carbocycles. The van der Waals surface area contributed by atoms with Gasteiger partial charge in [-0.1, -0.05) is 12.8 Å². The minimum absolute atomic E-state index is 0.214. The number of amides is 2. The quantitative estimate of drug-likeness (QED) is 0.484. The van der Waals surface area contributed by atoms with Gasteiger partial charge in [-0.25, -0.2) is 0 Å². The molecule has 17 heavy (non-hydrogen) atoms. The number of hydrogen-bond donors (Lipinski definition) is 4. The fourth-order valence-electron chi connectivity index (χ4n) is 2.56. The van der Waals surface area contributed by atoms with Crippen LogP contribution in [0.3, 0.4) is 0 Å². The number of primary amides is 2. The smallest absolute Gasteiger partial charge is 0.237 e. The zero-order valence-electron chi connectivity index (χ0n) is 10.2. The van der Waals surface area contributed by atoms with E-state index in [2.05, 4.69) is 5.32 Å². The van der Waals surface area contributed by atoms with Crippen molar-refractivity contribution in [2.24, 2.45) is 23.1 Å². The van der Waals surface area contributed by atoms with Gasteiger partial charge in [0.15, 0.2) is 0 Å². The third kappa shape index (κ3) is 3.41. The van der Waals surface area contributed by atoms with E-state index in [9.17, 15) is 9.59 Å². The summed E-state index contributed by atoms with van der Waals surface area (Å²) in [4.78, 5) is 22.4. The Balaban J connectivity index is 2.61. The van der Waals surface area contributed by atoms with Crippen molar-refractivity contribution in [3.63, 3.8) is 0 Å². The molecule has 0 radical (unpaired) electrons. The van der Waals surface area contributed by atoms with Crippen LogP contribution in [0.5, 0.6) is 0 Å². The number of nitrogens with two attached hydrogens (primary N) is 3. The second-order valence-electron chi connectivity index (χ2n) is 4.96. The molecule has 1 rings (SSSR count). The summed E-state index contributed by atoms with van der Waals surface area (Å²) in [6, 6.07) is -0.366. The van der Waals surface area contributed by atoms with Gasteiger partial charge in [-0.2, -0.15) is 0 Å². The average Bonchev–Trinajstić information content (AvgIpc) is 2.25. The van der Waals surface area contributed by atoms with E-state index in [4.69, 9.17) is 17.2 Å². The minimum Gasteiger partial charge on any atom is -0.368 e. The second-order valence-corrected chi connectivity index (χ2v) is 4.96. The van der Waals surface area contributed by atoms with Crippen LogP contribution in [0.4, 0.5) is 0 Å². The molecule has 6 nitrogen and oxygen atoms in total. The summed E-state index contributed by atoms with van der Waals surface area (Å²) in [5.74, 6) is -0.617. The van der Waals surface area contributed by atoms with Crippen molar-refractivity contribution in [3.8, 4) is 0 Å². The summed E-state index contributed by atoms with van der Waals surface area (Å²) < 4.78 is 0. The number of nitrogens with one attached hydrogen (secondary N) is 1. The van der Waals surface area contributed by atoms with Crippen LogP contribution in [0.25, 0.3) is 0 Å². The Morgan fingerprint density at radius 1 is 1.47 bits per heavy atom. The molecule has 0 heterocycles. The predicted molar refractivity (Wildman–Crippen MR) is 64.7 cm³/mol. The lowest BCUT2D eigenvalue weighted by molar-refractivity contribution is -0.124. The first-order chi connectivity index (χ1) is 7.89. The highest BCUT2D eigenvalue weighted by atomic mass is 16.2. The van der Waals surface area contributed by atoms with Gasteiger partial charge < -0.3 is 22.5 Å². The highest BCUT2D eigenvalue weighted by Crippen LogP contribution is 2.33. The van der Waals surface area contributed by atoms with E-state index in [1.165, 1.54) is 0 Å². The maximum atomic E-state index is 11.3. The lowest BCUT2D eigenvalue weighted by Crippen LogP contribution is -2.55. The summed E-state index contributed by atoms with van der Waals surface area (Å²) in [6.07, 6.45) is 3.59. The lowest BCUT2D eigenvalue weighted by atomic mass is 9.73. The van der Waals surface area contributed by atoms with Gasteiger partial charge in [-0.05, 0) is 32.2 Å². The summed E-state index contributed by atoms with van der Waals surface area (Å²) in [6.45, 7) is 0. The number of carbonyl (C=O) groups excluding carboxylic acids is 2. The largest absolute Gasteiger partial charge is 0.368 e. The van der Waals surface area contributed by atoms with Crippen LogP contribution < -0.4 is 22.5 Å². The fourth-order valence-corrected chi connectivity index (χ4v) is 2.56. The van der Waals surface area contributed by atoms with E-state index >= 15 is 0 Å². The maximum absolute atomic E-state index is 11.3. The standard InChI is InChI=1S/C11H22N4O2/c1-15-8(9(12)16)5-7-3-2-4-11(14,6-7)10(13)17/h7-8,15H,2-6,14H2,1H3,(H2,12,16)(H2,13,17). The maximum Gasteiger partial charge on any atom is 0.237 e. The Labute approximate surface area is 101 Å². The van der Waals surface area contributed by atoms with Gasteiger partial charge in [0.2, 0.25) is 11.8 Å². The van der Waals surface area contributed by atoms with Crippen molar-refractivity contribution < 1.29 is 9.59 Å². The molecular weight excluding hydrogens is 220 g/mol. The van der Waals surface area contributed by atoms with Crippen LogP contribution in [0.2, 0.25) is 0 Å². The number of carbonyl (C=O) groups is 2. The molecule has 98 valence electrons. The van der Waals surface area contributed by atoms with Gasteiger partial charge in [0, 0.05) is 0 Å². The van der Waals surface area contributed by atoms with Gasteiger partial charge in [-0.3, -0.25) is 9.59 Å². The van der Waals surface area contributed by atoms with E-state index in [0.717, 1.165) is 12.8 Å². The molecular formula is C11H22N4O2. The van der Waals surface area contributed by atoms with Crippen molar-refractivity contribution in [1.82, 2.24) is 5.32 Å². The molecule has 7 N–H and O–H groups in total. The Morgan fingerprint density at radius 2 is 2.12 bits per heavy atom. The topological polar surface area (TPSA) is 124 Å². The van der Waals surface area contributed by atoms with Crippen LogP contribution in [0.15, 0.2) is 0 Å². The van der Waals surface area contributed by atoms with Crippen molar-refractivity contribution in [2.75, 3.05) is 7.05 Å². The fraction of sp³-hybridized carbons (Fsp3) is 0.818. The summed E-state index contributed by atoms with van der Waals surface area (Å²) in [5.41, 5.74) is 15.6. The van der Waals surface area contributed by atoms with Crippen molar-refractivity contribution in [2.45, 2.75) is 43.7 Å². The molecule has 6 heteroatoms. The van der Waals surface area contributed by atoms with Crippen molar-refractivity contribution in [3.05, 3.63) is 0 Å². The molecule has 1 saturated carbocycles. The van der Waals surface area contributed by atoms with Crippen molar-refractivity contribution >= 4 is 11.8 Å². The normalized spacial score (nSPS) is 30.8. The molecule has 3 atom stereocenters. The molecule has 0 aliphatic heterocycles. The van der Waals surface area contributed by atoms with E-state index in [-0.39, 0.29) is 17.9 Å². The Hall–Kier alpha value is -1.14. The predicted octanol–water partition coefficient (Wildman–Crippen LogP) is -1.18. The molecule has 0 spiro atoms. The first-order valence-electron chi connectivity index (χ1n) is 5.94. The third-order valence-corrected chi connectivity index (χ3v) is 3.64. The van der Waals surface area contributed by atoms with Crippen LogP contribution in [0, 0.1) is 5.92 Å². The number of likely N-dealkylation sites (N-methyl/N-ethyl adjacent to an activating group) is 1. The first-order valence-corrected chi connectivity index (χ1v) is 5.94. The lowest BCUT2D eigenvalue weighted by Gasteiger charge is -2.36. The second kappa shape index (κ2) is 5.46. The highest BCUT2D eigenvalue weighted by Gasteiger charge is 2.38. The van der Waals surface area contributed by atoms with E-state index in [0.29, 0.717) is 19.3 Å².